The molecule has 2 aromatic carbocycles. The van der Waals surface area contributed by atoms with Crippen LogP contribution in [-0.4, -0.2) is 37.9 Å². The molecule has 0 N–H and O–H groups in total. The number of aryl methyl sites for hydroxylation is 3. The lowest BCUT2D eigenvalue weighted by atomic mass is 10.0. The van der Waals surface area contributed by atoms with Gasteiger partial charge in [0, 0.05) is 18.5 Å². The van der Waals surface area contributed by atoms with Gasteiger partial charge in [-0.25, -0.2) is 0 Å². The molecule has 0 unspecified atom stereocenters. The minimum Gasteiger partial charge on any atom is -0.495 e. The molecule has 1 aliphatic rings. The number of carbonyl (C=O) groups is 3. The van der Waals surface area contributed by atoms with Gasteiger partial charge in [-0.2, -0.15) is 0 Å². The Morgan fingerprint density at radius 2 is 1.76 bits per heavy atom. The van der Waals surface area contributed by atoms with E-state index in [1.807, 2.05) is 45.0 Å². The molecule has 1 saturated heterocycles. The highest BCUT2D eigenvalue weighted by Gasteiger charge is 2.37. The lowest BCUT2D eigenvalue weighted by molar-refractivity contribution is -0.147. The summed E-state index contributed by atoms with van der Waals surface area (Å²) in [6, 6.07) is 11.1. The molecular weight excluding hydrogens is 370 g/mol. The molecule has 1 aliphatic heterocycles. The molecule has 152 valence electrons. The molecule has 1 fully saturated rings. The molecule has 1 atom stereocenters. The topological polar surface area (TPSA) is 72.9 Å². The number of hydrogen-bond donors (Lipinski definition) is 0. The zero-order valence-corrected chi connectivity index (χ0v) is 17.2. The Labute approximate surface area is 170 Å². The van der Waals surface area contributed by atoms with Crippen molar-refractivity contribution in [2.24, 2.45) is 5.92 Å². The summed E-state index contributed by atoms with van der Waals surface area (Å²) < 4.78 is 10.6. The Morgan fingerprint density at radius 1 is 1.07 bits per heavy atom. The molecular formula is C23H25NO5. The second-order valence-corrected chi connectivity index (χ2v) is 7.43. The van der Waals surface area contributed by atoms with Crippen molar-refractivity contribution in [1.29, 1.82) is 0 Å². The van der Waals surface area contributed by atoms with Gasteiger partial charge < -0.3 is 14.4 Å². The fourth-order valence-corrected chi connectivity index (χ4v) is 3.48. The SMILES string of the molecule is COc1ccc(C)cc1N1C[C@@H](C(=O)OCC(=O)c2cc(C)ccc2C)CC1=O. The van der Waals surface area contributed by atoms with E-state index in [0.717, 1.165) is 16.7 Å². The molecule has 0 spiro atoms. The van der Waals surface area contributed by atoms with Crippen molar-refractivity contribution in [2.45, 2.75) is 27.2 Å². The van der Waals surface area contributed by atoms with E-state index in [1.165, 1.54) is 0 Å². The van der Waals surface area contributed by atoms with Crippen molar-refractivity contribution in [1.82, 2.24) is 0 Å². The van der Waals surface area contributed by atoms with Crippen LogP contribution in [0.2, 0.25) is 0 Å². The summed E-state index contributed by atoms with van der Waals surface area (Å²) in [6.45, 7) is 5.54. The summed E-state index contributed by atoms with van der Waals surface area (Å²) in [7, 11) is 1.54. The number of esters is 1. The highest BCUT2D eigenvalue weighted by atomic mass is 16.5. The average molecular weight is 395 g/mol. The highest BCUT2D eigenvalue weighted by Crippen LogP contribution is 2.34. The molecule has 0 aromatic heterocycles. The van der Waals surface area contributed by atoms with E-state index in [9.17, 15) is 14.4 Å². The van der Waals surface area contributed by atoms with Crippen molar-refractivity contribution in [3.8, 4) is 5.75 Å². The number of Topliss-reactive ketones (excluding diaryl/α,β-unsaturated/α-hetero) is 1. The minimum atomic E-state index is -0.612. The van der Waals surface area contributed by atoms with Gasteiger partial charge in [0.15, 0.2) is 6.61 Å². The zero-order chi connectivity index (χ0) is 21.1. The zero-order valence-electron chi connectivity index (χ0n) is 17.2. The van der Waals surface area contributed by atoms with Gasteiger partial charge in [0.1, 0.15) is 5.75 Å². The van der Waals surface area contributed by atoms with Crippen LogP contribution in [0.5, 0.6) is 5.75 Å². The third-order valence-corrected chi connectivity index (χ3v) is 5.12. The number of amides is 1. The molecule has 3 rings (SSSR count). The van der Waals surface area contributed by atoms with E-state index in [-0.39, 0.29) is 31.3 Å². The Morgan fingerprint density at radius 3 is 2.48 bits per heavy atom. The van der Waals surface area contributed by atoms with Crippen LogP contribution >= 0.6 is 0 Å². The number of benzene rings is 2. The quantitative estimate of drug-likeness (QED) is 0.554. The van der Waals surface area contributed by atoms with E-state index < -0.39 is 11.9 Å². The fraction of sp³-hybridized carbons (Fsp3) is 0.348. The normalized spacial score (nSPS) is 16.1. The first-order valence-corrected chi connectivity index (χ1v) is 9.52. The number of methoxy groups -OCH3 is 1. The van der Waals surface area contributed by atoms with Gasteiger partial charge in [0.25, 0.3) is 0 Å². The molecule has 0 bridgehead atoms. The van der Waals surface area contributed by atoms with E-state index in [4.69, 9.17) is 9.47 Å². The van der Waals surface area contributed by atoms with Crippen LogP contribution in [0.3, 0.4) is 0 Å². The summed E-state index contributed by atoms with van der Waals surface area (Å²) in [6.07, 6.45) is 0.0492. The lowest BCUT2D eigenvalue weighted by Gasteiger charge is -2.20. The monoisotopic (exact) mass is 395 g/mol. The number of ketones is 1. The van der Waals surface area contributed by atoms with Gasteiger partial charge in [0.2, 0.25) is 11.7 Å². The largest absolute Gasteiger partial charge is 0.495 e. The Bertz CT molecular complexity index is 966. The first-order chi connectivity index (χ1) is 13.8. The van der Waals surface area contributed by atoms with Gasteiger partial charge in [0.05, 0.1) is 18.7 Å². The first kappa shape index (κ1) is 20.6. The standard InChI is InChI=1S/C23H25NO5/c1-14-5-7-16(3)18(9-14)20(25)13-29-23(27)17-11-22(26)24(12-17)19-10-15(2)6-8-21(19)28-4/h5-10,17H,11-13H2,1-4H3/t17-/m0/s1. The molecule has 0 aliphatic carbocycles. The van der Waals surface area contributed by atoms with Crippen molar-refractivity contribution in [2.75, 3.05) is 25.2 Å². The number of hydrogen-bond acceptors (Lipinski definition) is 5. The number of ether oxygens (including phenoxy) is 2. The second kappa shape index (κ2) is 8.47. The van der Waals surface area contributed by atoms with Gasteiger partial charge >= 0.3 is 5.97 Å². The molecule has 0 saturated carbocycles. The van der Waals surface area contributed by atoms with Crippen molar-refractivity contribution >= 4 is 23.3 Å². The Balaban J connectivity index is 1.66. The smallest absolute Gasteiger partial charge is 0.311 e. The van der Waals surface area contributed by atoms with Crippen molar-refractivity contribution in [3.05, 3.63) is 58.7 Å². The van der Waals surface area contributed by atoms with Gasteiger partial charge in [-0.15, -0.1) is 0 Å². The maximum atomic E-state index is 12.5. The highest BCUT2D eigenvalue weighted by molar-refractivity contribution is 6.02. The van der Waals surface area contributed by atoms with Crippen LogP contribution in [-0.2, 0) is 14.3 Å². The summed E-state index contributed by atoms with van der Waals surface area (Å²) in [5, 5.41) is 0. The van der Waals surface area contributed by atoms with Gasteiger partial charge in [-0.1, -0.05) is 23.8 Å². The summed E-state index contributed by atoms with van der Waals surface area (Å²) >= 11 is 0. The first-order valence-electron chi connectivity index (χ1n) is 9.52. The molecule has 1 heterocycles. The van der Waals surface area contributed by atoms with Gasteiger partial charge in [-0.05, 0) is 50.1 Å². The number of nitrogens with zero attached hydrogens (tertiary/aromatic N) is 1. The van der Waals surface area contributed by atoms with Crippen LogP contribution < -0.4 is 9.64 Å². The average Bonchev–Trinajstić information content (AvgIpc) is 3.09. The van der Waals surface area contributed by atoms with Crippen molar-refractivity contribution in [3.63, 3.8) is 0 Å². The maximum Gasteiger partial charge on any atom is 0.311 e. The van der Waals surface area contributed by atoms with E-state index in [0.29, 0.717) is 17.0 Å². The predicted molar refractivity (Wildman–Crippen MR) is 109 cm³/mol. The summed E-state index contributed by atoms with van der Waals surface area (Å²) in [5.41, 5.74) is 3.98. The molecule has 1 amide bonds. The fourth-order valence-electron chi connectivity index (χ4n) is 3.48. The Hall–Kier alpha value is -3.15. The molecule has 29 heavy (non-hydrogen) atoms. The van der Waals surface area contributed by atoms with Crippen LogP contribution in [0.15, 0.2) is 36.4 Å². The van der Waals surface area contributed by atoms with E-state index >= 15 is 0 Å². The lowest BCUT2D eigenvalue weighted by Crippen LogP contribution is -2.27. The third-order valence-electron chi connectivity index (χ3n) is 5.12. The van der Waals surface area contributed by atoms with Crippen LogP contribution in [0.1, 0.15) is 33.5 Å². The number of rotatable bonds is 6. The second-order valence-electron chi connectivity index (χ2n) is 7.43. The van der Waals surface area contributed by atoms with E-state index in [1.54, 1.807) is 24.1 Å². The Kier molecular flexibility index (Phi) is 6.01. The number of anilines is 1. The van der Waals surface area contributed by atoms with Crippen molar-refractivity contribution < 1.29 is 23.9 Å². The van der Waals surface area contributed by atoms with E-state index in [2.05, 4.69) is 0 Å². The minimum absolute atomic E-state index is 0.0492. The van der Waals surface area contributed by atoms with Crippen LogP contribution in [0.25, 0.3) is 0 Å². The maximum absolute atomic E-state index is 12.5. The summed E-state index contributed by atoms with van der Waals surface area (Å²) in [4.78, 5) is 39.0. The molecule has 6 heteroatoms. The predicted octanol–water partition coefficient (Wildman–Crippen LogP) is 3.40. The van der Waals surface area contributed by atoms with Crippen LogP contribution in [0, 0.1) is 26.7 Å². The van der Waals surface area contributed by atoms with Crippen LogP contribution in [0.4, 0.5) is 5.69 Å². The van der Waals surface area contributed by atoms with Gasteiger partial charge in [-0.3, -0.25) is 14.4 Å². The molecule has 6 nitrogen and oxygen atoms in total. The molecule has 0 radical (unpaired) electrons. The number of carbonyl (C=O) groups excluding carboxylic acids is 3. The third kappa shape index (κ3) is 4.47. The summed E-state index contributed by atoms with van der Waals surface area (Å²) in [5.74, 6) is -0.994. The molecule has 2 aromatic rings.